The Morgan fingerprint density at radius 1 is 1.00 bits per heavy atom. The predicted octanol–water partition coefficient (Wildman–Crippen LogP) is 3.72. The Hall–Kier alpha value is -3.54. The van der Waals surface area contributed by atoms with Crippen molar-refractivity contribution in [3.63, 3.8) is 0 Å². The molecule has 0 spiro atoms. The number of carbonyl (C=O) groups is 2. The van der Waals surface area contributed by atoms with Crippen LogP contribution < -0.4 is 10.1 Å². The first-order valence-electron chi connectivity index (χ1n) is 8.89. The van der Waals surface area contributed by atoms with Gasteiger partial charge in [-0.2, -0.15) is 0 Å². The van der Waals surface area contributed by atoms with Gasteiger partial charge in [-0.15, -0.1) is 0 Å². The molecule has 28 heavy (non-hydrogen) atoms. The molecule has 1 heterocycles. The molecule has 1 aromatic heterocycles. The first-order chi connectivity index (χ1) is 13.6. The third-order valence-corrected chi connectivity index (χ3v) is 4.01. The normalized spacial score (nSPS) is 11.5. The van der Waals surface area contributed by atoms with Gasteiger partial charge < -0.3 is 19.2 Å². The molecule has 1 atom stereocenters. The maximum atomic E-state index is 12.2. The minimum atomic E-state index is -0.920. The molecular weight excluding hydrogens is 358 g/mol. The molecule has 0 saturated carbocycles. The number of hydrogen-bond donors (Lipinski definition) is 1. The summed E-state index contributed by atoms with van der Waals surface area (Å²) in [5, 5.41) is 2.65. The Kier molecular flexibility index (Phi) is 6.46. The van der Waals surface area contributed by atoms with Crippen molar-refractivity contribution in [3.05, 3.63) is 89.9 Å². The largest absolute Gasteiger partial charge is 0.489 e. The standard InChI is InChI=1S/C22H21NO5/c1-16(21(24)23-14-20-8-5-13-26-20)28-22(25)18-9-11-19(12-10-18)27-15-17-6-3-2-4-7-17/h2-13,16H,14-15H2,1H3,(H,23,24)/t16-/m0/s1. The molecule has 0 bridgehead atoms. The number of benzene rings is 2. The van der Waals surface area contributed by atoms with Crippen molar-refractivity contribution in [2.24, 2.45) is 0 Å². The molecule has 0 radical (unpaired) electrons. The third-order valence-electron chi connectivity index (χ3n) is 4.01. The quantitative estimate of drug-likeness (QED) is 0.604. The van der Waals surface area contributed by atoms with Gasteiger partial charge in [-0.1, -0.05) is 30.3 Å². The number of nitrogens with one attached hydrogen (secondary N) is 1. The van der Waals surface area contributed by atoms with Gasteiger partial charge in [-0.25, -0.2) is 4.79 Å². The molecule has 2 aromatic carbocycles. The summed E-state index contributed by atoms with van der Waals surface area (Å²) in [4.78, 5) is 24.3. The van der Waals surface area contributed by atoms with Crippen LogP contribution in [0.5, 0.6) is 5.75 Å². The Morgan fingerprint density at radius 2 is 1.75 bits per heavy atom. The van der Waals surface area contributed by atoms with Crippen LogP contribution in [0.4, 0.5) is 0 Å². The van der Waals surface area contributed by atoms with Crippen molar-refractivity contribution in [1.29, 1.82) is 0 Å². The molecule has 0 fully saturated rings. The first-order valence-corrected chi connectivity index (χ1v) is 8.89. The van der Waals surface area contributed by atoms with E-state index in [9.17, 15) is 9.59 Å². The Balaban J connectivity index is 1.47. The van der Waals surface area contributed by atoms with Crippen molar-refractivity contribution in [1.82, 2.24) is 5.32 Å². The fraction of sp³-hybridized carbons (Fsp3) is 0.182. The zero-order valence-electron chi connectivity index (χ0n) is 15.5. The van der Waals surface area contributed by atoms with Crippen LogP contribution in [0.1, 0.15) is 28.6 Å². The average Bonchev–Trinajstić information content (AvgIpc) is 3.25. The second kappa shape index (κ2) is 9.41. The van der Waals surface area contributed by atoms with E-state index in [0.717, 1.165) is 5.56 Å². The Labute approximate surface area is 163 Å². The van der Waals surface area contributed by atoms with E-state index in [0.29, 0.717) is 23.7 Å². The van der Waals surface area contributed by atoms with Gasteiger partial charge in [-0.05, 0) is 48.9 Å². The van der Waals surface area contributed by atoms with E-state index in [1.165, 1.54) is 13.2 Å². The van der Waals surface area contributed by atoms with E-state index in [1.54, 1.807) is 36.4 Å². The molecule has 0 aliphatic carbocycles. The van der Waals surface area contributed by atoms with Gasteiger partial charge in [0.15, 0.2) is 6.10 Å². The van der Waals surface area contributed by atoms with E-state index in [4.69, 9.17) is 13.9 Å². The van der Waals surface area contributed by atoms with Gasteiger partial charge in [0.2, 0.25) is 0 Å². The van der Waals surface area contributed by atoms with Gasteiger partial charge in [0.25, 0.3) is 5.91 Å². The highest BCUT2D eigenvalue weighted by Crippen LogP contribution is 2.15. The van der Waals surface area contributed by atoms with Crippen LogP contribution in [0.25, 0.3) is 0 Å². The van der Waals surface area contributed by atoms with Crippen molar-refractivity contribution in [2.45, 2.75) is 26.2 Å². The average molecular weight is 379 g/mol. The number of rotatable bonds is 8. The zero-order chi connectivity index (χ0) is 19.8. The summed E-state index contributed by atoms with van der Waals surface area (Å²) in [6.07, 6.45) is 0.606. The van der Waals surface area contributed by atoms with Crippen LogP contribution in [0.3, 0.4) is 0 Å². The summed E-state index contributed by atoms with van der Waals surface area (Å²) in [5.41, 5.74) is 1.40. The number of hydrogen-bond acceptors (Lipinski definition) is 5. The maximum Gasteiger partial charge on any atom is 0.338 e. The summed E-state index contributed by atoms with van der Waals surface area (Å²) in [6, 6.07) is 19.9. The minimum Gasteiger partial charge on any atom is -0.489 e. The fourth-order valence-corrected chi connectivity index (χ4v) is 2.44. The summed E-state index contributed by atoms with van der Waals surface area (Å²) in [5.74, 6) is 0.297. The second-order valence-corrected chi connectivity index (χ2v) is 6.14. The highest BCUT2D eigenvalue weighted by atomic mass is 16.5. The molecule has 3 aromatic rings. The van der Waals surface area contributed by atoms with E-state index in [1.807, 2.05) is 30.3 Å². The molecule has 1 amide bonds. The number of furan rings is 1. The van der Waals surface area contributed by atoms with Crippen molar-refractivity contribution in [3.8, 4) is 5.75 Å². The number of esters is 1. The van der Waals surface area contributed by atoms with Crippen molar-refractivity contribution >= 4 is 11.9 Å². The van der Waals surface area contributed by atoms with Crippen LogP contribution in [0.15, 0.2) is 77.4 Å². The third kappa shape index (κ3) is 5.48. The summed E-state index contributed by atoms with van der Waals surface area (Å²) in [6.45, 7) is 2.20. The zero-order valence-corrected chi connectivity index (χ0v) is 15.5. The minimum absolute atomic E-state index is 0.237. The van der Waals surface area contributed by atoms with Crippen LogP contribution in [-0.2, 0) is 22.7 Å². The van der Waals surface area contributed by atoms with Gasteiger partial charge in [0.1, 0.15) is 18.1 Å². The van der Waals surface area contributed by atoms with Gasteiger partial charge in [0.05, 0.1) is 18.4 Å². The number of ether oxygens (including phenoxy) is 2. The molecule has 0 unspecified atom stereocenters. The molecule has 0 aliphatic rings. The van der Waals surface area contributed by atoms with E-state index in [-0.39, 0.29) is 6.54 Å². The van der Waals surface area contributed by atoms with E-state index in [2.05, 4.69) is 5.32 Å². The monoisotopic (exact) mass is 379 g/mol. The lowest BCUT2D eigenvalue weighted by Gasteiger charge is -2.13. The van der Waals surface area contributed by atoms with Crippen molar-refractivity contribution in [2.75, 3.05) is 0 Å². The number of carbonyl (C=O) groups excluding carboxylic acids is 2. The predicted molar refractivity (Wildman–Crippen MR) is 103 cm³/mol. The van der Waals surface area contributed by atoms with Crippen LogP contribution in [0.2, 0.25) is 0 Å². The van der Waals surface area contributed by atoms with Crippen molar-refractivity contribution < 1.29 is 23.5 Å². The van der Waals surface area contributed by atoms with Gasteiger partial charge in [-0.3, -0.25) is 4.79 Å². The molecule has 1 N–H and O–H groups in total. The fourth-order valence-electron chi connectivity index (χ4n) is 2.44. The molecule has 0 saturated heterocycles. The summed E-state index contributed by atoms with van der Waals surface area (Å²) < 4.78 is 16.0. The highest BCUT2D eigenvalue weighted by Gasteiger charge is 2.19. The molecule has 3 rings (SSSR count). The maximum absolute atomic E-state index is 12.2. The lowest BCUT2D eigenvalue weighted by molar-refractivity contribution is -0.129. The summed E-state index contributed by atoms with van der Waals surface area (Å²) in [7, 11) is 0. The van der Waals surface area contributed by atoms with Gasteiger partial charge in [0, 0.05) is 0 Å². The second-order valence-electron chi connectivity index (χ2n) is 6.14. The number of amides is 1. The highest BCUT2D eigenvalue weighted by molar-refractivity contribution is 5.92. The SMILES string of the molecule is C[C@H](OC(=O)c1ccc(OCc2ccccc2)cc1)C(=O)NCc1ccco1. The lowest BCUT2D eigenvalue weighted by atomic mass is 10.2. The molecular formula is C22H21NO5. The van der Waals surface area contributed by atoms with Gasteiger partial charge >= 0.3 is 5.97 Å². The Morgan fingerprint density at radius 3 is 2.43 bits per heavy atom. The van der Waals surface area contributed by atoms with Crippen LogP contribution >= 0.6 is 0 Å². The first kappa shape index (κ1) is 19.2. The topological polar surface area (TPSA) is 77.8 Å². The molecule has 0 aliphatic heterocycles. The molecule has 6 heteroatoms. The van der Waals surface area contributed by atoms with E-state index < -0.39 is 18.0 Å². The van der Waals surface area contributed by atoms with E-state index >= 15 is 0 Å². The smallest absolute Gasteiger partial charge is 0.338 e. The van der Waals surface area contributed by atoms with Crippen LogP contribution in [-0.4, -0.2) is 18.0 Å². The molecule has 144 valence electrons. The molecule has 6 nitrogen and oxygen atoms in total. The van der Waals surface area contributed by atoms with Crippen LogP contribution in [0, 0.1) is 0 Å². The lowest BCUT2D eigenvalue weighted by Crippen LogP contribution is -2.35. The summed E-state index contributed by atoms with van der Waals surface area (Å²) >= 11 is 0. The Bertz CT molecular complexity index is 888.